The summed E-state index contributed by atoms with van der Waals surface area (Å²) in [5, 5.41) is 3.28. The van der Waals surface area contributed by atoms with Crippen molar-refractivity contribution >= 4 is 0 Å². The summed E-state index contributed by atoms with van der Waals surface area (Å²) in [6.45, 7) is 6.76. The van der Waals surface area contributed by atoms with Crippen molar-refractivity contribution in [1.29, 1.82) is 0 Å². The van der Waals surface area contributed by atoms with Crippen molar-refractivity contribution in [3.8, 4) is 0 Å². The lowest BCUT2D eigenvalue weighted by Gasteiger charge is -2.22. The molecule has 78 valence electrons. The van der Waals surface area contributed by atoms with Gasteiger partial charge in [-0.15, -0.1) is 0 Å². The molecule has 2 atom stereocenters. The highest BCUT2D eigenvalue weighted by molar-refractivity contribution is 4.77. The Morgan fingerprint density at radius 3 is 2.85 bits per heavy atom. The van der Waals surface area contributed by atoms with Crippen LogP contribution in [0.4, 0.5) is 0 Å². The van der Waals surface area contributed by atoms with Crippen molar-refractivity contribution in [3.63, 3.8) is 0 Å². The number of nitrogens with one attached hydrogen (secondary N) is 1. The first-order valence-corrected chi connectivity index (χ1v) is 5.14. The Kier molecular flexibility index (Phi) is 4.70. The molecule has 3 heteroatoms. The molecule has 0 amide bonds. The summed E-state index contributed by atoms with van der Waals surface area (Å²) < 4.78 is 5.14. The molecule has 0 saturated carbocycles. The fourth-order valence-corrected chi connectivity index (χ4v) is 1.93. The Labute approximate surface area is 81.4 Å². The molecule has 0 aromatic carbocycles. The maximum Gasteiger partial charge on any atom is 0.0628 e. The van der Waals surface area contributed by atoms with Crippen LogP contribution in [-0.4, -0.2) is 51.3 Å². The first kappa shape index (κ1) is 11.0. The van der Waals surface area contributed by atoms with E-state index in [1.165, 1.54) is 19.5 Å². The summed E-state index contributed by atoms with van der Waals surface area (Å²) >= 11 is 0. The van der Waals surface area contributed by atoms with E-state index in [0.717, 1.165) is 19.1 Å². The van der Waals surface area contributed by atoms with Gasteiger partial charge in [0.15, 0.2) is 0 Å². The average Bonchev–Trinajstić information content (AvgIpc) is 2.50. The Morgan fingerprint density at radius 2 is 2.38 bits per heavy atom. The Hall–Kier alpha value is -0.120. The molecule has 3 nitrogen and oxygen atoms in total. The van der Waals surface area contributed by atoms with E-state index in [1.54, 1.807) is 7.11 Å². The Morgan fingerprint density at radius 1 is 1.62 bits per heavy atom. The number of likely N-dealkylation sites (N-methyl/N-ethyl adjacent to an activating group) is 1. The van der Waals surface area contributed by atoms with Crippen molar-refractivity contribution in [1.82, 2.24) is 10.2 Å². The van der Waals surface area contributed by atoms with Gasteiger partial charge in [0.2, 0.25) is 0 Å². The summed E-state index contributed by atoms with van der Waals surface area (Å²) in [5.41, 5.74) is 0. The minimum absolute atomic E-state index is 0.482. The third-order valence-electron chi connectivity index (χ3n) is 2.76. The van der Waals surface area contributed by atoms with Crippen molar-refractivity contribution < 1.29 is 4.74 Å². The first-order valence-electron chi connectivity index (χ1n) is 5.14. The summed E-state index contributed by atoms with van der Waals surface area (Å²) in [5.74, 6) is 0.875. The van der Waals surface area contributed by atoms with E-state index < -0.39 is 0 Å². The van der Waals surface area contributed by atoms with Crippen LogP contribution in [0.25, 0.3) is 0 Å². The van der Waals surface area contributed by atoms with Gasteiger partial charge in [0.05, 0.1) is 6.61 Å². The molecule has 0 aromatic heterocycles. The molecular weight excluding hydrogens is 164 g/mol. The van der Waals surface area contributed by atoms with Gasteiger partial charge < -0.3 is 15.0 Å². The predicted octanol–water partition coefficient (Wildman–Crippen LogP) is 0.563. The van der Waals surface area contributed by atoms with E-state index >= 15 is 0 Å². The van der Waals surface area contributed by atoms with Crippen LogP contribution in [-0.2, 0) is 4.74 Å². The topological polar surface area (TPSA) is 24.5 Å². The molecule has 2 unspecified atom stereocenters. The Balaban J connectivity index is 2.21. The number of likely N-dealkylation sites (tertiary alicyclic amines) is 1. The van der Waals surface area contributed by atoms with Gasteiger partial charge in [-0.1, -0.05) is 6.92 Å². The van der Waals surface area contributed by atoms with Crippen molar-refractivity contribution in [2.45, 2.75) is 19.4 Å². The van der Waals surface area contributed by atoms with E-state index in [2.05, 4.69) is 17.1 Å². The molecule has 13 heavy (non-hydrogen) atoms. The summed E-state index contributed by atoms with van der Waals surface area (Å²) in [6, 6.07) is 0.482. The van der Waals surface area contributed by atoms with Crippen LogP contribution in [0.3, 0.4) is 0 Å². The van der Waals surface area contributed by atoms with Gasteiger partial charge in [-0.3, -0.25) is 0 Å². The van der Waals surface area contributed by atoms with Crippen molar-refractivity contribution in [2.75, 3.05) is 40.4 Å². The maximum absolute atomic E-state index is 5.14. The lowest BCUT2D eigenvalue weighted by molar-refractivity contribution is 0.148. The van der Waals surface area contributed by atoms with Crippen LogP contribution in [0.5, 0.6) is 0 Å². The van der Waals surface area contributed by atoms with Gasteiger partial charge in [0.1, 0.15) is 0 Å². The van der Waals surface area contributed by atoms with Crippen LogP contribution in [0.2, 0.25) is 0 Å². The number of ether oxygens (including phenoxy) is 1. The van der Waals surface area contributed by atoms with E-state index in [4.69, 9.17) is 4.74 Å². The highest BCUT2D eigenvalue weighted by Gasteiger charge is 2.20. The summed E-state index contributed by atoms with van der Waals surface area (Å²) in [4.78, 5) is 2.52. The fraction of sp³-hybridized carbons (Fsp3) is 1.00. The third-order valence-corrected chi connectivity index (χ3v) is 2.76. The number of rotatable bonds is 5. The Bertz CT molecular complexity index is 139. The van der Waals surface area contributed by atoms with Crippen molar-refractivity contribution in [3.05, 3.63) is 0 Å². The number of hydrogen-bond donors (Lipinski definition) is 1. The lowest BCUT2D eigenvalue weighted by atomic mass is 10.2. The second-order valence-corrected chi connectivity index (χ2v) is 4.09. The van der Waals surface area contributed by atoms with E-state index in [1.807, 2.05) is 7.05 Å². The van der Waals surface area contributed by atoms with Gasteiger partial charge in [-0.25, -0.2) is 0 Å². The minimum Gasteiger partial charge on any atom is -0.383 e. The number of nitrogens with zero attached hydrogens (tertiary/aromatic N) is 1. The average molecular weight is 186 g/mol. The summed E-state index contributed by atoms with van der Waals surface area (Å²) in [7, 11) is 3.76. The van der Waals surface area contributed by atoms with Gasteiger partial charge in [-0.05, 0) is 25.9 Å². The predicted molar refractivity (Wildman–Crippen MR) is 54.9 cm³/mol. The molecule has 1 rings (SSSR count). The quantitative estimate of drug-likeness (QED) is 0.679. The maximum atomic E-state index is 5.14. The molecule has 0 bridgehead atoms. The van der Waals surface area contributed by atoms with Gasteiger partial charge in [0, 0.05) is 26.2 Å². The monoisotopic (exact) mass is 186 g/mol. The lowest BCUT2D eigenvalue weighted by Crippen LogP contribution is -2.41. The highest BCUT2D eigenvalue weighted by Crippen LogP contribution is 2.14. The van der Waals surface area contributed by atoms with E-state index in [-0.39, 0.29) is 0 Å². The smallest absolute Gasteiger partial charge is 0.0628 e. The minimum atomic E-state index is 0.482. The second kappa shape index (κ2) is 5.58. The van der Waals surface area contributed by atoms with Crippen LogP contribution in [0, 0.1) is 5.92 Å². The molecule has 1 aliphatic rings. The zero-order valence-electron chi connectivity index (χ0n) is 9.05. The SMILES string of the molecule is CNC(COC)CN1CCC(C)C1. The van der Waals surface area contributed by atoms with Crippen LogP contribution >= 0.6 is 0 Å². The molecule has 0 aliphatic carbocycles. The van der Waals surface area contributed by atoms with Gasteiger partial charge >= 0.3 is 0 Å². The number of methoxy groups -OCH3 is 1. The first-order chi connectivity index (χ1) is 6.26. The largest absolute Gasteiger partial charge is 0.383 e. The highest BCUT2D eigenvalue weighted by atomic mass is 16.5. The van der Waals surface area contributed by atoms with E-state index in [0.29, 0.717) is 6.04 Å². The van der Waals surface area contributed by atoms with Gasteiger partial charge in [-0.2, -0.15) is 0 Å². The van der Waals surface area contributed by atoms with Crippen molar-refractivity contribution in [2.24, 2.45) is 5.92 Å². The zero-order valence-corrected chi connectivity index (χ0v) is 9.05. The molecular formula is C10H22N2O. The second-order valence-electron chi connectivity index (χ2n) is 4.09. The third kappa shape index (κ3) is 3.63. The van der Waals surface area contributed by atoms with Crippen LogP contribution in [0.1, 0.15) is 13.3 Å². The molecule has 1 heterocycles. The molecule has 1 N–H and O–H groups in total. The normalized spacial score (nSPS) is 26.5. The molecule has 1 saturated heterocycles. The van der Waals surface area contributed by atoms with Gasteiger partial charge in [0.25, 0.3) is 0 Å². The molecule has 1 fully saturated rings. The molecule has 0 spiro atoms. The van der Waals surface area contributed by atoms with E-state index in [9.17, 15) is 0 Å². The van der Waals surface area contributed by atoms with Crippen LogP contribution < -0.4 is 5.32 Å². The zero-order chi connectivity index (χ0) is 9.68. The molecule has 0 radical (unpaired) electrons. The van der Waals surface area contributed by atoms with Crippen LogP contribution in [0.15, 0.2) is 0 Å². The standard InChI is InChI=1S/C10H22N2O/c1-9-4-5-12(6-9)7-10(11-2)8-13-3/h9-11H,4-8H2,1-3H3. The number of hydrogen-bond acceptors (Lipinski definition) is 3. The fourth-order valence-electron chi connectivity index (χ4n) is 1.93. The summed E-state index contributed by atoms with van der Waals surface area (Å²) in [6.07, 6.45) is 1.35. The molecule has 0 aromatic rings. The molecule has 1 aliphatic heterocycles.